The van der Waals surface area contributed by atoms with Crippen LogP contribution in [0.3, 0.4) is 0 Å². The zero-order valence-electron chi connectivity index (χ0n) is 11.7. The molecule has 5 heteroatoms. The van der Waals surface area contributed by atoms with Gasteiger partial charge in [-0.05, 0) is 32.9 Å². The van der Waals surface area contributed by atoms with Gasteiger partial charge in [0.15, 0.2) is 5.82 Å². The highest BCUT2D eigenvalue weighted by atomic mass is 16.5. The molecule has 0 amide bonds. The average Bonchev–Trinajstić information content (AvgIpc) is 2.68. The monoisotopic (exact) mass is 261 g/mol. The smallest absolute Gasteiger partial charge is 0.170 e. The van der Waals surface area contributed by atoms with E-state index in [1.54, 1.807) is 6.92 Å². The zero-order chi connectivity index (χ0) is 14.0. The minimum atomic E-state index is -0.559. The Morgan fingerprint density at radius 2 is 2.05 bits per heavy atom. The highest BCUT2D eigenvalue weighted by molar-refractivity contribution is 5.38. The lowest BCUT2D eigenvalue weighted by molar-refractivity contribution is 0.189. The Hall–Kier alpha value is -1.88. The minimum absolute atomic E-state index is 0.333. The van der Waals surface area contributed by atoms with Gasteiger partial charge in [-0.15, -0.1) is 10.2 Å². The van der Waals surface area contributed by atoms with Crippen molar-refractivity contribution in [1.29, 1.82) is 0 Å². The van der Waals surface area contributed by atoms with E-state index in [2.05, 4.69) is 10.2 Å². The van der Waals surface area contributed by atoms with Gasteiger partial charge in [0, 0.05) is 12.6 Å². The van der Waals surface area contributed by atoms with Crippen molar-refractivity contribution in [2.75, 3.05) is 0 Å². The molecule has 102 valence electrons. The highest BCUT2D eigenvalue weighted by Gasteiger charge is 2.11. The summed E-state index contributed by atoms with van der Waals surface area (Å²) in [5.41, 5.74) is 1.89. The van der Waals surface area contributed by atoms with E-state index < -0.39 is 6.10 Å². The predicted octanol–water partition coefficient (Wildman–Crippen LogP) is 2.06. The molecule has 0 aliphatic rings. The Balaban J connectivity index is 2.17. The van der Waals surface area contributed by atoms with Gasteiger partial charge in [0.25, 0.3) is 0 Å². The van der Waals surface area contributed by atoms with Crippen LogP contribution in [0.25, 0.3) is 0 Å². The fourth-order valence-corrected chi connectivity index (χ4v) is 1.84. The number of ether oxygens (including phenoxy) is 1. The van der Waals surface area contributed by atoms with E-state index in [0.29, 0.717) is 12.4 Å². The summed E-state index contributed by atoms with van der Waals surface area (Å²) in [5.74, 6) is 2.29. The van der Waals surface area contributed by atoms with Crippen molar-refractivity contribution in [3.63, 3.8) is 0 Å². The molecular weight excluding hydrogens is 242 g/mol. The average molecular weight is 261 g/mol. The quantitative estimate of drug-likeness (QED) is 0.915. The molecule has 0 aliphatic carbocycles. The fraction of sp³-hybridized carbons (Fsp3) is 0.429. The maximum absolute atomic E-state index is 9.77. The van der Waals surface area contributed by atoms with Crippen LogP contribution in [0.5, 0.6) is 5.75 Å². The molecule has 0 aliphatic heterocycles. The normalized spacial score (nSPS) is 12.5. The fourth-order valence-electron chi connectivity index (χ4n) is 1.84. The molecule has 1 aromatic heterocycles. The molecule has 1 atom stereocenters. The standard InChI is InChI=1S/C14H19N3O2/c1-9-5-6-13(12(7-9)10(2)18)19-8-14-16-15-11(3)17(14)4/h5-7,10,18H,8H2,1-4H3/t10-/m0/s1. The van der Waals surface area contributed by atoms with Crippen LogP contribution in [0.15, 0.2) is 18.2 Å². The molecule has 0 unspecified atom stereocenters. The molecule has 1 N–H and O–H groups in total. The van der Waals surface area contributed by atoms with Gasteiger partial charge < -0.3 is 14.4 Å². The zero-order valence-corrected chi connectivity index (χ0v) is 11.7. The van der Waals surface area contributed by atoms with Gasteiger partial charge in [-0.3, -0.25) is 0 Å². The number of rotatable bonds is 4. The van der Waals surface area contributed by atoms with E-state index in [1.807, 2.05) is 43.7 Å². The van der Waals surface area contributed by atoms with Crippen LogP contribution in [0.4, 0.5) is 0 Å². The van der Waals surface area contributed by atoms with Gasteiger partial charge in [-0.2, -0.15) is 0 Å². The van der Waals surface area contributed by atoms with Crippen LogP contribution in [0.1, 0.15) is 35.8 Å². The first-order valence-electron chi connectivity index (χ1n) is 6.25. The minimum Gasteiger partial charge on any atom is -0.485 e. The summed E-state index contributed by atoms with van der Waals surface area (Å²) < 4.78 is 7.64. The Labute approximate surface area is 112 Å². The van der Waals surface area contributed by atoms with Crippen LogP contribution in [-0.2, 0) is 13.7 Å². The molecular formula is C14H19N3O2. The maximum atomic E-state index is 9.77. The third-order valence-corrected chi connectivity index (χ3v) is 3.15. The van der Waals surface area contributed by atoms with E-state index >= 15 is 0 Å². The lowest BCUT2D eigenvalue weighted by atomic mass is 10.1. The summed E-state index contributed by atoms with van der Waals surface area (Å²) in [6.07, 6.45) is -0.559. The lowest BCUT2D eigenvalue weighted by Crippen LogP contribution is -2.06. The second kappa shape index (κ2) is 5.40. The summed E-state index contributed by atoms with van der Waals surface area (Å²) in [5, 5.41) is 17.8. The number of aryl methyl sites for hydroxylation is 2. The summed E-state index contributed by atoms with van der Waals surface area (Å²) >= 11 is 0. The van der Waals surface area contributed by atoms with Crippen LogP contribution >= 0.6 is 0 Å². The van der Waals surface area contributed by atoms with Crippen molar-refractivity contribution in [3.05, 3.63) is 41.0 Å². The molecule has 5 nitrogen and oxygen atoms in total. The lowest BCUT2D eigenvalue weighted by Gasteiger charge is -2.14. The summed E-state index contributed by atoms with van der Waals surface area (Å²) in [6.45, 7) is 5.94. The number of aliphatic hydroxyl groups is 1. The first-order valence-corrected chi connectivity index (χ1v) is 6.25. The van der Waals surface area contributed by atoms with Crippen molar-refractivity contribution in [3.8, 4) is 5.75 Å². The van der Waals surface area contributed by atoms with Crippen LogP contribution in [0, 0.1) is 13.8 Å². The summed E-state index contributed by atoms with van der Waals surface area (Å²) in [4.78, 5) is 0. The molecule has 0 saturated heterocycles. The Morgan fingerprint density at radius 3 is 2.63 bits per heavy atom. The Morgan fingerprint density at radius 1 is 1.32 bits per heavy atom. The van der Waals surface area contributed by atoms with Crippen molar-refractivity contribution < 1.29 is 9.84 Å². The Bertz CT molecular complexity index is 576. The van der Waals surface area contributed by atoms with E-state index in [0.717, 1.165) is 22.8 Å². The molecule has 1 aromatic carbocycles. The second-order valence-corrected chi connectivity index (χ2v) is 4.73. The van der Waals surface area contributed by atoms with Crippen molar-refractivity contribution in [2.24, 2.45) is 7.05 Å². The highest BCUT2D eigenvalue weighted by Crippen LogP contribution is 2.26. The maximum Gasteiger partial charge on any atom is 0.170 e. The topological polar surface area (TPSA) is 60.2 Å². The number of aromatic nitrogens is 3. The van der Waals surface area contributed by atoms with Gasteiger partial charge in [0.1, 0.15) is 18.2 Å². The van der Waals surface area contributed by atoms with Crippen molar-refractivity contribution in [1.82, 2.24) is 14.8 Å². The first kappa shape index (κ1) is 13.5. The van der Waals surface area contributed by atoms with Gasteiger partial charge in [-0.25, -0.2) is 0 Å². The van der Waals surface area contributed by atoms with Gasteiger partial charge >= 0.3 is 0 Å². The molecule has 0 spiro atoms. The third-order valence-electron chi connectivity index (χ3n) is 3.15. The molecule has 0 bridgehead atoms. The van der Waals surface area contributed by atoms with Gasteiger partial charge in [-0.1, -0.05) is 11.6 Å². The number of hydrogen-bond acceptors (Lipinski definition) is 4. The number of hydrogen-bond donors (Lipinski definition) is 1. The number of benzene rings is 1. The molecule has 2 rings (SSSR count). The van der Waals surface area contributed by atoms with Crippen molar-refractivity contribution >= 4 is 0 Å². The van der Waals surface area contributed by atoms with E-state index in [9.17, 15) is 5.11 Å². The SMILES string of the molecule is Cc1ccc(OCc2nnc(C)n2C)c([C@H](C)O)c1. The third kappa shape index (κ3) is 2.93. The molecule has 0 fully saturated rings. The van der Waals surface area contributed by atoms with Crippen LogP contribution < -0.4 is 4.74 Å². The van der Waals surface area contributed by atoms with E-state index in [-0.39, 0.29) is 0 Å². The second-order valence-electron chi connectivity index (χ2n) is 4.73. The van der Waals surface area contributed by atoms with Crippen LogP contribution in [-0.4, -0.2) is 19.9 Å². The van der Waals surface area contributed by atoms with E-state index in [4.69, 9.17) is 4.74 Å². The molecule has 19 heavy (non-hydrogen) atoms. The van der Waals surface area contributed by atoms with Crippen LogP contribution in [0.2, 0.25) is 0 Å². The van der Waals surface area contributed by atoms with E-state index in [1.165, 1.54) is 0 Å². The number of aliphatic hydroxyl groups excluding tert-OH is 1. The first-order chi connectivity index (χ1) is 8.99. The number of nitrogens with zero attached hydrogens (tertiary/aromatic N) is 3. The molecule has 0 radical (unpaired) electrons. The van der Waals surface area contributed by atoms with Gasteiger partial charge in [0.05, 0.1) is 6.10 Å². The summed E-state index contributed by atoms with van der Waals surface area (Å²) in [6, 6.07) is 5.77. The van der Waals surface area contributed by atoms with Crippen molar-refractivity contribution in [2.45, 2.75) is 33.5 Å². The predicted molar refractivity (Wildman–Crippen MR) is 71.9 cm³/mol. The molecule has 0 saturated carbocycles. The molecule has 1 heterocycles. The summed E-state index contributed by atoms with van der Waals surface area (Å²) in [7, 11) is 1.90. The largest absolute Gasteiger partial charge is 0.485 e. The van der Waals surface area contributed by atoms with Gasteiger partial charge in [0.2, 0.25) is 0 Å². The Kier molecular flexibility index (Phi) is 3.85. The molecule has 2 aromatic rings.